The van der Waals surface area contributed by atoms with Crippen molar-refractivity contribution in [2.24, 2.45) is 9.98 Å². The number of hydrogen-bond donors (Lipinski definition) is 2. The standard InChI is InChI=1S/C20H26N4/c21-19-11-5-3-9-17(19)15-23-13-7-1-2-8-14-24-16-18-10-4-6-12-20(18)22/h3-6,9-12,15-16H,1-2,7-8,13-14,21-22H2. The van der Waals surface area contributed by atoms with Gasteiger partial charge in [-0.1, -0.05) is 49.2 Å². The zero-order valence-electron chi connectivity index (χ0n) is 14.1. The van der Waals surface area contributed by atoms with E-state index < -0.39 is 0 Å². The first-order valence-corrected chi connectivity index (χ1v) is 8.46. The molecule has 0 unspecified atom stereocenters. The number of nitrogen functional groups attached to an aromatic ring is 2. The lowest BCUT2D eigenvalue weighted by Crippen LogP contribution is -1.93. The minimum atomic E-state index is 0.776. The summed E-state index contributed by atoms with van der Waals surface area (Å²) in [5, 5.41) is 0. The Morgan fingerprint density at radius 1 is 0.625 bits per heavy atom. The van der Waals surface area contributed by atoms with Crippen LogP contribution in [0.15, 0.2) is 58.5 Å². The number of hydrogen-bond acceptors (Lipinski definition) is 4. The maximum absolute atomic E-state index is 5.87. The highest BCUT2D eigenvalue weighted by atomic mass is 14.7. The Morgan fingerprint density at radius 3 is 1.46 bits per heavy atom. The van der Waals surface area contributed by atoms with Crippen LogP contribution in [0.3, 0.4) is 0 Å². The Labute approximate surface area is 144 Å². The molecule has 126 valence electrons. The molecule has 2 aromatic rings. The van der Waals surface area contributed by atoms with E-state index in [9.17, 15) is 0 Å². The summed E-state index contributed by atoms with van der Waals surface area (Å²) in [6, 6.07) is 15.6. The van der Waals surface area contributed by atoms with Gasteiger partial charge in [0.2, 0.25) is 0 Å². The molecule has 0 amide bonds. The smallest absolute Gasteiger partial charge is 0.0403 e. The van der Waals surface area contributed by atoms with E-state index in [2.05, 4.69) is 9.98 Å². The summed E-state index contributed by atoms with van der Waals surface area (Å²) in [4.78, 5) is 8.87. The lowest BCUT2D eigenvalue weighted by Gasteiger charge is -2.00. The molecule has 0 heterocycles. The maximum Gasteiger partial charge on any atom is 0.0403 e. The van der Waals surface area contributed by atoms with Crippen molar-refractivity contribution in [3.05, 3.63) is 59.7 Å². The fraction of sp³-hybridized carbons (Fsp3) is 0.300. The average molecular weight is 322 g/mol. The number of nitrogens with two attached hydrogens (primary N) is 2. The van der Waals surface area contributed by atoms with Crippen LogP contribution >= 0.6 is 0 Å². The number of anilines is 2. The number of para-hydroxylation sites is 2. The summed E-state index contributed by atoms with van der Waals surface area (Å²) in [6.45, 7) is 1.69. The van der Waals surface area contributed by atoms with Crippen LogP contribution in [-0.4, -0.2) is 25.5 Å². The van der Waals surface area contributed by atoms with Crippen LogP contribution in [0.2, 0.25) is 0 Å². The summed E-state index contributed by atoms with van der Waals surface area (Å²) in [5.74, 6) is 0. The van der Waals surface area contributed by atoms with Gasteiger partial charge in [0.1, 0.15) is 0 Å². The van der Waals surface area contributed by atoms with Crippen molar-refractivity contribution in [3.63, 3.8) is 0 Å². The van der Waals surface area contributed by atoms with E-state index in [0.29, 0.717) is 0 Å². The molecule has 0 saturated carbocycles. The van der Waals surface area contributed by atoms with Crippen molar-refractivity contribution in [1.82, 2.24) is 0 Å². The largest absolute Gasteiger partial charge is 0.398 e. The summed E-state index contributed by atoms with van der Waals surface area (Å²) in [6.07, 6.45) is 8.26. The molecule has 4 nitrogen and oxygen atoms in total. The number of unbranched alkanes of at least 4 members (excludes halogenated alkanes) is 3. The van der Waals surface area contributed by atoms with Crippen molar-refractivity contribution >= 4 is 23.8 Å². The quantitative estimate of drug-likeness (QED) is 0.416. The molecule has 0 saturated heterocycles. The number of benzene rings is 2. The van der Waals surface area contributed by atoms with Crippen LogP contribution < -0.4 is 11.5 Å². The van der Waals surface area contributed by atoms with E-state index in [-0.39, 0.29) is 0 Å². The molecule has 0 aliphatic heterocycles. The third-order valence-corrected chi connectivity index (χ3v) is 3.78. The van der Waals surface area contributed by atoms with E-state index in [4.69, 9.17) is 11.5 Å². The van der Waals surface area contributed by atoms with Crippen LogP contribution in [0.25, 0.3) is 0 Å². The molecule has 0 spiro atoms. The summed E-state index contributed by atoms with van der Waals surface area (Å²) >= 11 is 0. The van der Waals surface area contributed by atoms with Gasteiger partial charge in [-0.05, 0) is 25.0 Å². The minimum absolute atomic E-state index is 0.776. The number of aliphatic imine (C=N–C) groups is 2. The second-order valence-electron chi connectivity index (χ2n) is 5.74. The van der Waals surface area contributed by atoms with Gasteiger partial charge >= 0.3 is 0 Å². The summed E-state index contributed by atoms with van der Waals surface area (Å²) in [7, 11) is 0. The molecule has 0 aliphatic rings. The molecule has 0 radical (unpaired) electrons. The van der Waals surface area contributed by atoms with Crippen LogP contribution in [-0.2, 0) is 0 Å². The molecular weight excluding hydrogens is 296 g/mol. The molecule has 0 fully saturated rings. The molecule has 4 heteroatoms. The fourth-order valence-corrected chi connectivity index (χ4v) is 2.34. The first-order chi connectivity index (χ1) is 11.8. The van der Waals surface area contributed by atoms with Crippen molar-refractivity contribution in [1.29, 1.82) is 0 Å². The topological polar surface area (TPSA) is 76.8 Å². The Kier molecular flexibility index (Phi) is 7.54. The van der Waals surface area contributed by atoms with E-state index in [1.165, 1.54) is 12.8 Å². The molecule has 0 aromatic heterocycles. The first-order valence-electron chi connectivity index (χ1n) is 8.46. The van der Waals surface area contributed by atoms with Crippen molar-refractivity contribution < 1.29 is 0 Å². The van der Waals surface area contributed by atoms with Gasteiger partial charge in [0, 0.05) is 48.0 Å². The molecular formula is C20H26N4. The normalized spacial score (nSPS) is 11.5. The van der Waals surface area contributed by atoms with Gasteiger partial charge in [0.15, 0.2) is 0 Å². The molecule has 0 bridgehead atoms. The Hall–Kier alpha value is -2.62. The maximum atomic E-state index is 5.87. The van der Waals surface area contributed by atoms with Crippen LogP contribution in [0.1, 0.15) is 36.8 Å². The zero-order valence-corrected chi connectivity index (χ0v) is 14.1. The second-order valence-corrected chi connectivity index (χ2v) is 5.74. The molecule has 2 rings (SSSR count). The Morgan fingerprint density at radius 2 is 1.04 bits per heavy atom. The fourth-order valence-electron chi connectivity index (χ4n) is 2.34. The van der Waals surface area contributed by atoms with Gasteiger partial charge in [0.05, 0.1) is 0 Å². The van der Waals surface area contributed by atoms with Crippen LogP contribution in [0.5, 0.6) is 0 Å². The predicted molar refractivity (Wildman–Crippen MR) is 105 cm³/mol. The number of rotatable bonds is 9. The highest BCUT2D eigenvalue weighted by Crippen LogP contribution is 2.08. The van der Waals surface area contributed by atoms with Gasteiger partial charge < -0.3 is 11.5 Å². The highest BCUT2D eigenvalue weighted by molar-refractivity contribution is 5.87. The first kappa shape index (κ1) is 17.7. The van der Waals surface area contributed by atoms with Crippen molar-refractivity contribution in [2.45, 2.75) is 25.7 Å². The van der Waals surface area contributed by atoms with Crippen LogP contribution in [0.4, 0.5) is 11.4 Å². The van der Waals surface area contributed by atoms with Crippen molar-refractivity contribution in [3.8, 4) is 0 Å². The molecule has 2 aromatic carbocycles. The zero-order chi connectivity index (χ0) is 17.0. The SMILES string of the molecule is Nc1ccccc1C=NCCCCCCN=Cc1ccccc1N. The summed E-state index contributed by atoms with van der Waals surface area (Å²) in [5.41, 5.74) is 15.3. The minimum Gasteiger partial charge on any atom is -0.398 e. The van der Waals surface area contributed by atoms with Gasteiger partial charge in [-0.15, -0.1) is 0 Å². The number of nitrogens with zero attached hydrogens (tertiary/aromatic N) is 2. The van der Waals surface area contributed by atoms with E-state index >= 15 is 0 Å². The molecule has 0 atom stereocenters. The lowest BCUT2D eigenvalue weighted by atomic mass is 10.2. The molecule has 4 N–H and O–H groups in total. The van der Waals surface area contributed by atoms with E-state index in [1.54, 1.807) is 0 Å². The van der Waals surface area contributed by atoms with E-state index in [0.717, 1.165) is 48.4 Å². The average Bonchev–Trinajstić information content (AvgIpc) is 2.59. The second kappa shape index (κ2) is 10.2. The van der Waals surface area contributed by atoms with Gasteiger partial charge in [-0.25, -0.2) is 0 Å². The van der Waals surface area contributed by atoms with Gasteiger partial charge in [-0.2, -0.15) is 0 Å². The molecule has 0 aliphatic carbocycles. The molecule has 24 heavy (non-hydrogen) atoms. The third-order valence-electron chi connectivity index (χ3n) is 3.78. The van der Waals surface area contributed by atoms with Gasteiger partial charge in [0.25, 0.3) is 0 Å². The predicted octanol–water partition coefficient (Wildman–Crippen LogP) is 3.95. The Balaban J connectivity index is 1.54. The van der Waals surface area contributed by atoms with E-state index in [1.807, 2.05) is 61.0 Å². The van der Waals surface area contributed by atoms with Crippen molar-refractivity contribution in [2.75, 3.05) is 24.6 Å². The monoisotopic (exact) mass is 322 g/mol. The Bertz CT molecular complexity index is 617. The van der Waals surface area contributed by atoms with Crippen LogP contribution in [0, 0.1) is 0 Å². The highest BCUT2D eigenvalue weighted by Gasteiger charge is 1.94. The summed E-state index contributed by atoms with van der Waals surface area (Å²) < 4.78 is 0. The lowest BCUT2D eigenvalue weighted by molar-refractivity contribution is 0.655. The third kappa shape index (κ3) is 6.24. The van der Waals surface area contributed by atoms with Gasteiger partial charge in [-0.3, -0.25) is 9.98 Å².